The minimum absolute atomic E-state index is 0.0881. The molecule has 128 valence electrons. The van der Waals surface area contributed by atoms with Crippen LogP contribution >= 0.6 is 23.2 Å². The minimum atomic E-state index is -0.0911. The fraction of sp³-hybridized carbons (Fsp3) is 0.167. The molecule has 0 saturated carbocycles. The molecule has 0 N–H and O–H groups in total. The van der Waals surface area contributed by atoms with Gasteiger partial charge >= 0.3 is 0 Å². The van der Waals surface area contributed by atoms with E-state index in [1.54, 1.807) is 48.7 Å². The van der Waals surface area contributed by atoms with Gasteiger partial charge in [0.25, 0.3) is 0 Å². The summed E-state index contributed by atoms with van der Waals surface area (Å²) in [5, 5.41) is 8.54. The average molecular weight is 377 g/mol. The summed E-state index contributed by atoms with van der Waals surface area (Å²) in [4.78, 5) is 12.6. The second kappa shape index (κ2) is 8.14. The van der Waals surface area contributed by atoms with E-state index in [2.05, 4.69) is 10.2 Å². The van der Waals surface area contributed by atoms with Crippen molar-refractivity contribution in [1.82, 2.24) is 10.2 Å². The summed E-state index contributed by atoms with van der Waals surface area (Å²) in [5.74, 6) is 1.58. The molecule has 0 amide bonds. The van der Waals surface area contributed by atoms with E-state index in [1.807, 2.05) is 0 Å². The first-order chi connectivity index (χ1) is 12.2. The molecule has 3 aromatic rings. The van der Waals surface area contributed by atoms with E-state index in [9.17, 15) is 4.79 Å². The van der Waals surface area contributed by atoms with E-state index in [1.165, 1.54) is 0 Å². The quantitative estimate of drug-likeness (QED) is 0.432. The van der Waals surface area contributed by atoms with Crippen LogP contribution in [0.3, 0.4) is 0 Å². The molecule has 7 heteroatoms. The van der Waals surface area contributed by atoms with Crippen LogP contribution < -0.4 is 0 Å². The molecule has 0 atom stereocenters. The molecule has 0 aliphatic heterocycles. The van der Waals surface area contributed by atoms with E-state index < -0.39 is 0 Å². The zero-order chi connectivity index (χ0) is 17.6. The van der Waals surface area contributed by atoms with Gasteiger partial charge in [-0.1, -0.05) is 11.6 Å². The van der Waals surface area contributed by atoms with E-state index in [4.69, 9.17) is 32.0 Å². The molecule has 0 fully saturated rings. The van der Waals surface area contributed by atoms with Gasteiger partial charge in [0.1, 0.15) is 5.76 Å². The van der Waals surface area contributed by atoms with E-state index in [0.29, 0.717) is 40.1 Å². The number of hydrogen-bond acceptors (Lipinski definition) is 5. The van der Waals surface area contributed by atoms with E-state index in [0.717, 1.165) is 0 Å². The predicted molar refractivity (Wildman–Crippen MR) is 95.7 cm³/mol. The lowest BCUT2D eigenvalue weighted by Gasteiger charge is -2.03. The Morgan fingerprint density at radius 3 is 2.64 bits per heavy atom. The van der Waals surface area contributed by atoms with Gasteiger partial charge in [-0.25, -0.2) is 0 Å². The van der Waals surface area contributed by atoms with Gasteiger partial charge in [-0.3, -0.25) is 4.79 Å². The number of halogens is 2. The number of rotatable bonds is 7. The molecule has 0 saturated heterocycles. The van der Waals surface area contributed by atoms with Crippen LogP contribution in [0.15, 0.2) is 51.5 Å². The van der Waals surface area contributed by atoms with Gasteiger partial charge in [0.2, 0.25) is 11.8 Å². The SMILES string of the molecule is O=C(C/C(=C\c1ccco1)c1nnc(CCCl)o1)c1ccc(Cl)cc1. The topological polar surface area (TPSA) is 69.1 Å². The number of nitrogens with zero attached hydrogens (tertiary/aromatic N) is 2. The number of carbonyl (C=O) groups is 1. The molecule has 3 rings (SSSR count). The van der Waals surface area contributed by atoms with Crippen LogP contribution in [0.4, 0.5) is 0 Å². The number of ketones is 1. The number of allylic oxidation sites excluding steroid dienone is 1. The molecule has 0 aliphatic carbocycles. The fourth-order valence-electron chi connectivity index (χ4n) is 2.21. The maximum absolute atomic E-state index is 12.6. The summed E-state index contributed by atoms with van der Waals surface area (Å²) in [7, 11) is 0. The Morgan fingerprint density at radius 1 is 1.16 bits per heavy atom. The van der Waals surface area contributed by atoms with Crippen molar-refractivity contribution < 1.29 is 13.6 Å². The molecule has 0 unspecified atom stereocenters. The number of hydrogen-bond donors (Lipinski definition) is 0. The molecule has 5 nitrogen and oxygen atoms in total. The highest BCUT2D eigenvalue weighted by Gasteiger charge is 2.17. The molecule has 0 radical (unpaired) electrons. The Bertz CT molecular complexity index is 868. The lowest BCUT2D eigenvalue weighted by Crippen LogP contribution is -2.01. The first-order valence-electron chi connectivity index (χ1n) is 7.57. The molecular weight excluding hydrogens is 363 g/mol. The highest BCUT2D eigenvalue weighted by molar-refractivity contribution is 6.30. The lowest BCUT2D eigenvalue weighted by molar-refractivity contribution is 0.0998. The number of Topliss-reactive ketones (excluding diaryl/α,β-unsaturated/α-hetero) is 1. The maximum atomic E-state index is 12.6. The standard InChI is InChI=1S/C18H14Cl2N2O3/c19-8-7-17-21-22-18(25-17)13(10-15-2-1-9-24-15)11-16(23)12-3-5-14(20)6-4-12/h1-6,9-10H,7-8,11H2/b13-10+. The van der Waals surface area contributed by atoms with Crippen LogP contribution in [0, 0.1) is 0 Å². The van der Waals surface area contributed by atoms with Gasteiger partial charge in [0, 0.05) is 34.9 Å². The predicted octanol–water partition coefficient (Wildman–Crippen LogP) is 4.91. The van der Waals surface area contributed by atoms with Crippen LogP contribution in [-0.2, 0) is 6.42 Å². The van der Waals surface area contributed by atoms with Gasteiger partial charge in [0.05, 0.1) is 6.26 Å². The Hall–Kier alpha value is -2.37. The zero-order valence-corrected chi connectivity index (χ0v) is 14.6. The van der Waals surface area contributed by atoms with Crippen LogP contribution in [-0.4, -0.2) is 21.9 Å². The van der Waals surface area contributed by atoms with Gasteiger partial charge < -0.3 is 8.83 Å². The Labute approximate surface area is 154 Å². The zero-order valence-electron chi connectivity index (χ0n) is 13.1. The van der Waals surface area contributed by atoms with Gasteiger partial charge in [0.15, 0.2) is 5.78 Å². The molecule has 0 spiro atoms. The number of alkyl halides is 1. The third-order valence-corrected chi connectivity index (χ3v) is 3.87. The molecule has 2 aromatic heterocycles. The minimum Gasteiger partial charge on any atom is -0.465 e. The Kier molecular flexibility index (Phi) is 5.68. The summed E-state index contributed by atoms with van der Waals surface area (Å²) in [6.45, 7) is 0. The molecule has 0 bridgehead atoms. The van der Waals surface area contributed by atoms with Crippen molar-refractivity contribution in [3.05, 3.63) is 70.8 Å². The number of aryl methyl sites for hydroxylation is 1. The van der Waals surface area contributed by atoms with E-state index in [-0.39, 0.29) is 18.1 Å². The lowest BCUT2D eigenvalue weighted by atomic mass is 10.0. The number of benzene rings is 1. The summed E-state index contributed by atoms with van der Waals surface area (Å²) < 4.78 is 10.9. The number of carbonyl (C=O) groups excluding carboxylic acids is 1. The van der Waals surface area contributed by atoms with Crippen molar-refractivity contribution in [2.24, 2.45) is 0 Å². The van der Waals surface area contributed by atoms with Gasteiger partial charge in [-0.05, 0) is 42.5 Å². The van der Waals surface area contributed by atoms with Crippen molar-refractivity contribution in [1.29, 1.82) is 0 Å². The third-order valence-electron chi connectivity index (χ3n) is 3.43. The fourth-order valence-corrected chi connectivity index (χ4v) is 2.50. The van der Waals surface area contributed by atoms with Crippen molar-refractivity contribution in [3.8, 4) is 0 Å². The first kappa shape index (κ1) is 17.5. The van der Waals surface area contributed by atoms with Crippen molar-refractivity contribution in [3.63, 3.8) is 0 Å². The second-order valence-electron chi connectivity index (χ2n) is 5.23. The molecule has 25 heavy (non-hydrogen) atoms. The summed E-state index contributed by atoms with van der Waals surface area (Å²) in [6, 6.07) is 10.3. The summed E-state index contributed by atoms with van der Waals surface area (Å²) in [6.07, 6.45) is 3.82. The summed E-state index contributed by atoms with van der Waals surface area (Å²) >= 11 is 11.6. The molecule has 0 aliphatic rings. The van der Waals surface area contributed by atoms with E-state index >= 15 is 0 Å². The number of furan rings is 1. The van der Waals surface area contributed by atoms with Gasteiger partial charge in [-0.15, -0.1) is 21.8 Å². The van der Waals surface area contributed by atoms with Crippen molar-refractivity contribution in [2.45, 2.75) is 12.8 Å². The van der Waals surface area contributed by atoms with Gasteiger partial charge in [-0.2, -0.15) is 0 Å². The van der Waals surface area contributed by atoms with Crippen molar-refractivity contribution in [2.75, 3.05) is 5.88 Å². The van der Waals surface area contributed by atoms with Crippen LogP contribution in [0.25, 0.3) is 11.6 Å². The molecule has 2 heterocycles. The Morgan fingerprint density at radius 2 is 1.96 bits per heavy atom. The second-order valence-corrected chi connectivity index (χ2v) is 6.05. The number of aromatic nitrogens is 2. The summed E-state index contributed by atoms with van der Waals surface area (Å²) in [5.41, 5.74) is 1.12. The highest BCUT2D eigenvalue weighted by atomic mass is 35.5. The molecular formula is C18H14Cl2N2O3. The molecule has 1 aromatic carbocycles. The monoisotopic (exact) mass is 376 g/mol. The normalized spacial score (nSPS) is 11.7. The maximum Gasteiger partial charge on any atom is 0.244 e. The first-order valence-corrected chi connectivity index (χ1v) is 8.48. The average Bonchev–Trinajstić information content (AvgIpc) is 3.27. The van der Waals surface area contributed by atoms with Crippen LogP contribution in [0.1, 0.15) is 34.3 Å². The largest absolute Gasteiger partial charge is 0.465 e. The Balaban J connectivity index is 1.88. The van der Waals surface area contributed by atoms with Crippen LogP contribution in [0.5, 0.6) is 0 Å². The van der Waals surface area contributed by atoms with Crippen molar-refractivity contribution >= 4 is 40.6 Å². The third kappa shape index (κ3) is 4.59. The van der Waals surface area contributed by atoms with Crippen LogP contribution in [0.2, 0.25) is 5.02 Å². The smallest absolute Gasteiger partial charge is 0.244 e. The highest BCUT2D eigenvalue weighted by Crippen LogP contribution is 2.24.